The van der Waals surface area contributed by atoms with Crippen molar-refractivity contribution in [1.29, 1.82) is 0 Å². The molecule has 1 aliphatic heterocycles. The van der Waals surface area contributed by atoms with Crippen LogP contribution < -0.4 is 4.74 Å². The van der Waals surface area contributed by atoms with Gasteiger partial charge in [0, 0.05) is 88.9 Å². The summed E-state index contributed by atoms with van der Waals surface area (Å²) in [5, 5.41) is 0. The van der Waals surface area contributed by atoms with Crippen molar-refractivity contribution in [2.24, 2.45) is 40.4 Å². The molecule has 7 rings (SSSR count). The van der Waals surface area contributed by atoms with Crippen LogP contribution in [-0.2, 0) is 33.2 Å². The van der Waals surface area contributed by atoms with Crippen LogP contribution >= 0.6 is 0 Å². The van der Waals surface area contributed by atoms with Gasteiger partial charge in [0.05, 0.1) is 37.6 Å². The van der Waals surface area contributed by atoms with Crippen LogP contribution in [-0.4, -0.2) is 108 Å². The monoisotopic (exact) mass is 627 g/mol. The Morgan fingerprint density at radius 2 is 1.73 bits per heavy atom. The van der Waals surface area contributed by atoms with Crippen molar-refractivity contribution >= 4 is 11.9 Å². The van der Waals surface area contributed by atoms with Crippen molar-refractivity contribution < 1.29 is 42.7 Å². The predicted molar refractivity (Wildman–Crippen MR) is 163 cm³/mol. The summed E-state index contributed by atoms with van der Waals surface area (Å²) in [5.74, 6) is -0.299. The number of hydrogen-bond acceptors (Lipinski definition) is 10. The van der Waals surface area contributed by atoms with E-state index >= 15 is 0 Å². The molecule has 1 aromatic rings. The first-order valence-electron chi connectivity index (χ1n) is 16.6. The average Bonchev–Trinajstić information content (AvgIpc) is 3.46. The third kappa shape index (κ3) is 3.98. The molecule has 5 aliphatic carbocycles. The van der Waals surface area contributed by atoms with E-state index in [1.807, 2.05) is 14.2 Å². The van der Waals surface area contributed by atoms with Crippen LogP contribution in [0.1, 0.15) is 49.9 Å². The van der Waals surface area contributed by atoms with E-state index in [1.54, 1.807) is 45.6 Å². The van der Waals surface area contributed by atoms with Gasteiger partial charge in [0.1, 0.15) is 17.5 Å². The number of ether oxygens (including phenoxy) is 7. The Kier molecular flexibility index (Phi) is 7.80. The maximum Gasteiger partial charge on any atom is 0.338 e. The molecule has 248 valence electrons. The number of nitrogens with zero attached hydrogens (tertiary/aromatic N) is 1. The first kappa shape index (κ1) is 31.4. The molecule has 0 amide bonds. The highest BCUT2D eigenvalue weighted by Gasteiger charge is 2.88. The topological polar surface area (TPSA) is 102 Å². The average molecular weight is 628 g/mol. The van der Waals surface area contributed by atoms with Crippen LogP contribution in [0.25, 0.3) is 0 Å². The highest BCUT2D eigenvalue weighted by atomic mass is 16.6. The molecule has 6 fully saturated rings. The summed E-state index contributed by atoms with van der Waals surface area (Å²) in [4.78, 5) is 29.7. The fraction of sp³-hybridized carbons (Fsp3) is 0.771. The van der Waals surface area contributed by atoms with Crippen LogP contribution in [0.3, 0.4) is 0 Å². The Balaban J connectivity index is 1.43. The van der Waals surface area contributed by atoms with Gasteiger partial charge in [-0.3, -0.25) is 9.69 Å². The van der Waals surface area contributed by atoms with Gasteiger partial charge in [0.15, 0.2) is 0 Å². The second-order valence-corrected chi connectivity index (χ2v) is 14.4. The van der Waals surface area contributed by atoms with E-state index in [0.717, 1.165) is 32.4 Å². The van der Waals surface area contributed by atoms with Gasteiger partial charge in [0.25, 0.3) is 0 Å². The molecule has 0 N–H and O–H groups in total. The van der Waals surface area contributed by atoms with Gasteiger partial charge in [-0.05, 0) is 56.0 Å². The molecular weight excluding hydrogens is 578 g/mol. The number of hydrogen-bond donors (Lipinski definition) is 0. The van der Waals surface area contributed by atoms with Crippen molar-refractivity contribution in [1.82, 2.24) is 4.90 Å². The minimum absolute atomic E-state index is 0.0203. The zero-order chi connectivity index (χ0) is 31.9. The highest BCUT2D eigenvalue weighted by Crippen LogP contribution is 2.80. The Morgan fingerprint density at radius 3 is 2.33 bits per heavy atom. The van der Waals surface area contributed by atoms with Gasteiger partial charge in [-0.25, -0.2) is 4.79 Å². The summed E-state index contributed by atoms with van der Waals surface area (Å²) >= 11 is 0. The predicted octanol–water partition coefficient (Wildman–Crippen LogP) is 3.60. The van der Waals surface area contributed by atoms with Gasteiger partial charge in [-0.2, -0.15) is 0 Å². The normalized spacial score (nSPS) is 45.7. The summed E-state index contributed by atoms with van der Waals surface area (Å²) in [7, 11) is 8.77. The lowest BCUT2D eigenvalue weighted by molar-refractivity contribution is -0.280. The summed E-state index contributed by atoms with van der Waals surface area (Å²) in [6.07, 6.45) is 2.27. The summed E-state index contributed by atoms with van der Waals surface area (Å²) in [6, 6.07) is 7.07. The largest absolute Gasteiger partial charge is 0.497 e. The third-order valence-corrected chi connectivity index (χ3v) is 13.2. The lowest BCUT2D eigenvalue weighted by atomic mass is 9.43. The van der Waals surface area contributed by atoms with Crippen molar-refractivity contribution in [3.05, 3.63) is 29.8 Å². The quantitative estimate of drug-likeness (QED) is 0.358. The highest BCUT2D eigenvalue weighted by molar-refractivity contribution is 5.89. The van der Waals surface area contributed by atoms with Crippen LogP contribution in [0.15, 0.2) is 24.3 Å². The molecule has 10 heteroatoms. The number of benzene rings is 1. The minimum Gasteiger partial charge on any atom is -0.497 e. The van der Waals surface area contributed by atoms with E-state index in [4.69, 9.17) is 33.2 Å². The molecule has 0 radical (unpaired) electrons. The van der Waals surface area contributed by atoms with E-state index < -0.39 is 17.7 Å². The summed E-state index contributed by atoms with van der Waals surface area (Å²) in [5.41, 5.74) is -0.937. The maximum absolute atomic E-state index is 13.8. The lowest BCUT2D eigenvalue weighted by Crippen LogP contribution is -2.77. The van der Waals surface area contributed by atoms with Crippen molar-refractivity contribution in [2.45, 2.75) is 75.6 Å². The standard InChI is InChI=1S/C35H49NO9/c1-8-36-17-33(18-39-3)14-13-25(42-6)35-23-15-22-24(41-5)16-34(45-19(2)37,27(31(35)36)29(43-7)30(33)35)26(23)28(22)44-32(38)20-9-11-21(40-4)12-10-20/h9-12,22-31H,8,13-18H2,1-7H3/t22-,23-,24+,25+,26-,27+,28+,29+,30-,31?,33+,34-,35+/m0/s1. The Bertz CT molecular complexity index is 1310. The molecule has 5 saturated carbocycles. The van der Waals surface area contributed by atoms with Crippen LogP contribution in [0.4, 0.5) is 0 Å². The van der Waals surface area contributed by atoms with Gasteiger partial charge in [0.2, 0.25) is 0 Å². The first-order valence-corrected chi connectivity index (χ1v) is 16.6. The van der Waals surface area contributed by atoms with Gasteiger partial charge in [-0.1, -0.05) is 6.92 Å². The van der Waals surface area contributed by atoms with E-state index in [-0.39, 0.29) is 70.7 Å². The Morgan fingerprint density at radius 1 is 0.978 bits per heavy atom. The second-order valence-electron chi connectivity index (χ2n) is 14.4. The number of esters is 2. The number of rotatable bonds is 10. The molecule has 13 atom stereocenters. The third-order valence-electron chi connectivity index (χ3n) is 13.2. The fourth-order valence-corrected chi connectivity index (χ4v) is 12.4. The molecular formula is C35H49NO9. The molecule has 1 saturated heterocycles. The Hall–Kier alpha value is -2.24. The number of fused-ring (bicyclic) bond motifs is 2. The second kappa shape index (κ2) is 11.2. The number of methoxy groups -OCH3 is 5. The number of carbonyl (C=O) groups is 2. The molecule has 7 bridgehead atoms. The summed E-state index contributed by atoms with van der Waals surface area (Å²) in [6.45, 7) is 6.11. The fourth-order valence-electron chi connectivity index (χ4n) is 12.4. The van der Waals surface area contributed by atoms with E-state index in [9.17, 15) is 9.59 Å². The molecule has 10 nitrogen and oxygen atoms in total. The maximum atomic E-state index is 13.8. The first-order chi connectivity index (χ1) is 21.7. The van der Waals surface area contributed by atoms with E-state index in [2.05, 4.69) is 11.8 Å². The summed E-state index contributed by atoms with van der Waals surface area (Å²) < 4.78 is 44.1. The number of piperidine rings is 1. The van der Waals surface area contributed by atoms with Gasteiger partial charge < -0.3 is 33.2 Å². The molecule has 0 aromatic heterocycles. The van der Waals surface area contributed by atoms with Crippen LogP contribution in [0, 0.1) is 40.4 Å². The molecule has 1 unspecified atom stereocenters. The van der Waals surface area contributed by atoms with Crippen molar-refractivity contribution in [3.63, 3.8) is 0 Å². The lowest BCUT2D eigenvalue weighted by Gasteiger charge is -2.69. The Labute approximate surface area is 266 Å². The van der Waals surface area contributed by atoms with Gasteiger partial charge in [-0.15, -0.1) is 0 Å². The smallest absolute Gasteiger partial charge is 0.338 e. The molecule has 1 spiro atoms. The molecule has 6 aliphatic rings. The van der Waals surface area contributed by atoms with Crippen LogP contribution in [0.2, 0.25) is 0 Å². The van der Waals surface area contributed by atoms with Crippen molar-refractivity contribution in [3.8, 4) is 5.75 Å². The van der Waals surface area contributed by atoms with Crippen LogP contribution in [0.5, 0.6) is 5.75 Å². The van der Waals surface area contributed by atoms with E-state index in [1.165, 1.54) is 6.92 Å². The number of likely N-dealkylation sites (tertiary alicyclic amines) is 1. The molecule has 1 heterocycles. The molecule has 1 aromatic carbocycles. The zero-order valence-electron chi connectivity index (χ0n) is 27.7. The minimum atomic E-state index is -0.947. The number of carbonyl (C=O) groups excluding carboxylic acids is 2. The molecule has 45 heavy (non-hydrogen) atoms. The van der Waals surface area contributed by atoms with Gasteiger partial charge >= 0.3 is 11.9 Å². The zero-order valence-corrected chi connectivity index (χ0v) is 27.7. The SMILES string of the molecule is CCN1C[C@@]2(COC)CC[C@@H](OC)[C@@]34C1[C@@H]([C@@H](OC)[C@@H]23)[C@]1(OC(C)=O)C[C@@H](OC)[C@@H]2C[C@H]4[C@H]1[C@@H]2OC(=O)c1ccc(OC)cc1. The van der Waals surface area contributed by atoms with E-state index in [0.29, 0.717) is 24.3 Å². The van der Waals surface area contributed by atoms with Crippen molar-refractivity contribution in [2.75, 3.05) is 55.2 Å².